The van der Waals surface area contributed by atoms with Crippen LogP contribution >= 0.6 is 0 Å². The highest BCUT2D eigenvalue weighted by molar-refractivity contribution is 5.31. The molecule has 1 saturated heterocycles. The highest BCUT2D eigenvalue weighted by Crippen LogP contribution is 2.17. The topological polar surface area (TPSA) is 55.0 Å². The molecule has 0 bridgehead atoms. The van der Waals surface area contributed by atoms with Crippen molar-refractivity contribution in [1.82, 2.24) is 9.97 Å². The summed E-state index contributed by atoms with van der Waals surface area (Å²) < 4.78 is 0. The van der Waals surface area contributed by atoms with E-state index in [1.165, 1.54) is 12.8 Å². The van der Waals surface area contributed by atoms with Gasteiger partial charge in [0.2, 0.25) is 5.95 Å². The van der Waals surface area contributed by atoms with Gasteiger partial charge in [-0.15, -0.1) is 0 Å². The minimum atomic E-state index is 0.345. The van der Waals surface area contributed by atoms with E-state index >= 15 is 0 Å². The molecule has 0 spiro atoms. The summed E-state index contributed by atoms with van der Waals surface area (Å²) in [6, 6.07) is 0. The van der Waals surface area contributed by atoms with Crippen molar-refractivity contribution in [2.75, 3.05) is 24.5 Å². The lowest BCUT2D eigenvalue weighted by Crippen LogP contribution is -2.20. The Bertz CT molecular complexity index is 303. The Kier molecular flexibility index (Phi) is 3.16. The van der Waals surface area contributed by atoms with Crippen molar-refractivity contribution in [2.24, 2.45) is 5.73 Å². The summed E-state index contributed by atoms with van der Waals surface area (Å²) in [4.78, 5) is 11.0. The van der Waals surface area contributed by atoms with Crippen molar-refractivity contribution in [3.8, 4) is 0 Å². The van der Waals surface area contributed by atoms with Gasteiger partial charge in [0.25, 0.3) is 0 Å². The van der Waals surface area contributed by atoms with Crippen LogP contribution in [0, 0.1) is 0 Å². The van der Waals surface area contributed by atoms with Gasteiger partial charge in [0.05, 0.1) is 0 Å². The molecule has 2 heterocycles. The van der Waals surface area contributed by atoms with E-state index in [-0.39, 0.29) is 0 Å². The minimum absolute atomic E-state index is 0.345. The summed E-state index contributed by atoms with van der Waals surface area (Å²) in [5, 5.41) is 0. The summed E-state index contributed by atoms with van der Waals surface area (Å²) in [5.74, 6) is 1.21. The summed E-state index contributed by atoms with van der Waals surface area (Å²) in [6.07, 6.45) is 6.31. The van der Waals surface area contributed by atoms with E-state index in [9.17, 15) is 0 Å². The van der Waals surface area contributed by atoms with Crippen LogP contribution in [0.4, 0.5) is 5.95 Å². The summed E-state index contributed by atoms with van der Waals surface area (Å²) in [7, 11) is 0. The molecule has 1 aliphatic heterocycles. The fourth-order valence-electron chi connectivity index (χ4n) is 1.80. The lowest BCUT2D eigenvalue weighted by Gasteiger charge is -2.15. The molecular weight excluding hydrogens is 188 g/mol. The first-order valence-electron chi connectivity index (χ1n) is 5.58. The predicted molar refractivity (Wildman–Crippen MR) is 60.9 cm³/mol. The van der Waals surface area contributed by atoms with Crippen LogP contribution in [-0.4, -0.2) is 29.6 Å². The van der Waals surface area contributed by atoms with Crippen molar-refractivity contribution < 1.29 is 0 Å². The van der Waals surface area contributed by atoms with E-state index in [0.29, 0.717) is 12.5 Å². The number of anilines is 1. The molecule has 1 aromatic heterocycles. The second-order valence-electron chi connectivity index (χ2n) is 4.15. The van der Waals surface area contributed by atoms with Crippen LogP contribution in [0.5, 0.6) is 0 Å². The number of hydrogen-bond acceptors (Lipinski definition) is 4. The molecule has 0 amide bonds. The van der Waals surface area contributed by atoms with Crippen molar-refractivity contribution in [1.29, 1.82) is 0 Å². The van der Waals surface area contributed by atoms with Gasteiger partial charge in [0, 0.05) is 25.5 Å². The molecule has 1 fully saturated rings. The highest BCUT2D eigenvalue weighted by atomic mass is 15.3. The molecule has 4 heteroatoms. The third kappa shape index (κ3) is 2.26. The molecule has 0 radical (unpaired) electrons. The molecule has 1 aromatic rings. The zero-order chi connectivity index (χ0) is 10.7. The third-order valence-electron chi connectivity index (χ3n) is 2.97. The number of nitrogens with two attached hydrogens (primary N) is 1. The Morgan fingerprint density at radius 3 is 2.47 bits per heavy atom. The van der Waals surface area contributed by atoms with E-state index < -0.39 is 0 Å². The van der Waals surface area contributed by atoms with Gasteiger partial charge in [-0.05, 0) is 30.9 Å². The zero-order valence-corrected chi connectivity index (χ0v) is 9.19. The standard InChI is InChI=1S/C11H18N4/c1-9(6-12)10-7-13-11(14-8-10)15-4-2-3-5-15/h7-9H,2-6,12H2,1H3. The Hall–Kier alpha value is -1.16. The summed E-state index contributed by atoms with van der Waals surface area (Å²) in [5.41, 5.74) is 6.72. The second kappa shape index (κ2) is 4.57. The minimum Gasteiger partial charge on any atom is -0.341 e. The lowest BCUT2D eigenvalue weighted by atomic mass is 10.1. The molecule has 0 aromatic carbocycles. The summed E-state index contributed by atoms with van der Waals surface area (Å²) in [6.45, 7) is 4.91. The Morgan fingerprint density at radius 1 is 1.33 bits per heavy atom. The molecule has 1 atom stereocenters. The van der Waals surface area contributed by atoms with E-state index in [1.54, 1.807) is 0 Å². The van der Waals surface area contributed by atoms with Gasteiger partial charge in [-0.3, -0.25) is 0 Å². The summed E-state index contributed by atoms with van der Waals surface area (Å²) >= 11 is 0. The van der Waals surface area contributed by atoms with Crippen molar-refractivity contribution in [3.05, 3.63) is 18.0 Å². The van der Waals surface area contributed by atoms with Crippen LogP contribution in [0.25, 0.3) is 0 Å². The van der Waals surface area contributed by atoms with Gasteiger partial charge in [-0.25, -0.2) is 9.97 Å². The Balaban J connectivity index is 2.09. The van der Waals surface area contributed by atoms with E-state index in [1.807, 2.05) is 12.4 Å². The molecule has 2 N–H and O–H groups in total. The maximum absolute atomic E-state index is 5.60. The van der Waals surface area contributed by atoms with E-state index in [4.69, 9.17) is 5.73 Å². The molecular formula is C11H18N4. The SMILES string of the molecule is CC(CN)c1cnc(N2CCCC2)nc1. The van der Waals surface area contributed by atoms with Crippen LogP contribution in [0.3, 0.4) is 0 Å². The van der Waals surface area contributed by atoms with Crippen molar-refractivity contribution in [2.45, 2.75) is 25.7 Å². The quantitative estimate of drug-likeness (QED) is 0.805. The predicted octanol–water partition coefficient (Wildman–Crippen LogP) is 1.14. The average Bonchev–Trinajstić information content (AvgIpc) is 2.82. The number of hydrogen-bond donors (Lipinski definition) is 1. The maximum Gasteiger partial charge on any atom is 0.225 e. The molecule has 15 heavy (non-hydrogen) atoms. The van der Waals surface area contributed by atoms with E-state index in [0.717, 1.165) is 24.6 Å². The molecule has 1 aliphatic rings. The number of nitrogens with zero attached hydrogens (tertiary/aromatic N) is 3. The van der Waals surface area contributed by atoms with Gasteiger partial charge in [0.15, 0.2) is 0 Å². The highest BCUT2D eigenvalue weighted by Gasteiger charge is 2.14. The monoisotopic (exact) mass is 206 g/mol. The number of rotatable bonds is 3. The maximum atomic E-state index is 5.60. The van der Waals surface area contributed by atoms with Gasteiger partial charge < -0.3 is 10.6 Å². The lowest BCUT2D eigenvalue weighted by molar-refractivity contribution is 0.759. The van der Waals surface area contributed by atoms with Gasteiger partial charge >= 0.3 is 0 Å². The molecule has 82 valence electrons. The van der Waals surface area contributed by atoms with Crippen LogP contribution in [0.1, 0.15) is 31.2 Å². The molecule has 1 unspecified atom stereocenters. The zero-order valence-electron chi connectivity index (χ0n) is 9.19. The second-order valence-corrected chi connectivity index (χ2v) is 4.15. The van der Waals surface area contributed by atoms with Gasteiger partial charge in [-0.2, -0.15) is 0 Å². The van der Waals surface area contributed by atoms with Crippen LogP contribution in [0.15, 0.2) is 12.4 Å². The van der Waals surface area contributed by atoms with Crippen LogP contribution in [0.2, 0.25) is 0 Å². The van der Waals surface area contributed by atoms with Crippen molar-refractivity contribution in [3.63, 3.8) is 0 Å². The van der Waals surface area contributed by atoms with Crippen LogP contribution in [-0.2, 0) is 0 Å². The molecule has 0 saturated carbocycles. The average molecular weight is 206 g/mol. The number of aromatic nitrogens is 2. The fourth-order valence-corrected chi connectivity index (χ4v) is 1.80. The van der Waals surface area contributed by atoms with Gasteiger partial charge in [-0.1, -0.05) is 6.92 Å². The van der Waals surface area contributed by atoms with Gasteiger partial charge in [0.1, 0.15) is 0 Å². The fraction of sp³-hybridized carbons (Fsp3) is 0.636. The largest absolute Gasteiger partial charge is 0.341 e. The Labute approximate surface area is 90.5 Å². The Morgan fingerprint density at radius 2 is 1.93 bits per heavy atom. The van der Waals surface area contributed by atoms with E-state index in [2.05, 4.69) is 21.8 Å². The molecule has 4 nitrogen and oxygen atoms in total. The third-order valence-corrected chi connectivity index (χ3v) is 2.97. The molecule has 0 aliphatic carbocycles. The first-order valence-corrected chi connectivity index (χ1v) is 5.58. The normalized spacial score (nSPS) is 18.1. The smallest absolute Gasteiger partial charge is 0.225 e. The van der Waals surface area contributed by atoms with Crippen molar-refractivity contribution >= 4 is 5.95 Å². The first kappa shape index (κ1) is 10.4. The molecule has 2 rings (SSSR count). The van der Waals surface area contributed by atoms with Crippen LogP contribution < -0.4 is 10.6 Å². The first-order chi connectivity index (χ1) is 7.31.